The first kappa shape index (κ1) is 20.2. The highest BCUT2D eigenvalue weighted by Crippen LogP contribution is 2.27. The molecule has 0 unspecified atom stereocenters. The van der Waals surface area contributed by atoms with Crippen molar-refractivity contribution in [3.05, 3.63) is 111 Å². The molecule has 0 aliphatic heterocycles. The van der Waals surface area contributed by atoms with Gasteiger partial charge in [0, 0.05) is 30.7 Å². The Labute approximate surface area is 181 Å². The van der Waals surface area contributed by atoms with E-state index in [-0.39, 0.29) is 5.43 Å². The number of halogens is 1. The Morgan fingerprint density at radius 2 is 1.53 bits per heavy atom. The molecule has 3 nitrogen and oxygen atoms in total. The number of benzene rings is 3. The molecule has 0 amide bonds. The number of aryl methyl sites for hydroxylation is 1. The lowest BCUT2D eigenvalue weighted by molar-refractivity contribution is 0.763. The molecular formula is C26H25ClN2O. The Balaban J connectivity index is 1.46. The van der Waals surface area contributed by atoms with Crippen molar-refractivity contribution in [2.24, 2.45) is 0 Å². The number of hydrogen-bond acceptors (Lipinski definition) is 2. The van der Waals surface area contributed by atoms with Crippen molar-refractivity contribution >= 4 is 28.2 Å². The van der Waals surface area contributed by atoms with Gasteiger partial charge in [-0.05, 0) is 42.5 Å². The van der Waals surface area contributed by atoms with Crippen LogP contribution in [0.5, 0.6) is 0 Å². The number of aromatic nitrogens is 1. The number of hydrogen-bond donors (Lipinski definition) is 1. The second-order valence-corrected chi connectivity index (χ2v) is 7.92. The smallest absolute Gasteiger partial charge is 0.189 e. The molecule has 1 N–H and O–H groups in total. The van der Waals surface area contributed by atoms with Gasteiger partial charge in [-0.3, -0.25) is 4.79 Å². The van der Waals surface area contributed by atoms with Crippen LogP contribution in [0.15, 0.2) is 89.9 Å². The number of fused-ring (bicyclic) bond motifs is 1. The van der Waals surface area contributed by atoms with Crippen LogP contribution in [0.4, 0.5) is 5.69 Å². The number of pyridine rings is 1. The summed E-state index contributed by atoms with van der Waals surface area (Å²) in [6, 6.07) is 26.1. The Kier molecular flexibility index (Phi) is 6.50. The summed E-state index contributed by atoms with van der Waals surface area (Å²) in [4.78, 5) is 12.5. The minimum Gasteiger partial charge on any atom is -0.384 e. The van der Waals surface area contributed by atoms with E-state index in [0.717, 1.165) is 37.0 Å². The summed E-state index contributed by atoms with van der Waals surface area (Å²) in [6.07, 6.45) is 5.05. The SMILES string of the molecule is O=c1ccn(Cc2ccccc2)c2cc(Cl)c(NCCCCc3ccccc3)cc12. The van der Waals surface area contributed by atoms with Gasteiger partial charge in [0.25, 0.3) is 0 Å². The zero-order valence-electron chi connectivity index (χ0n) is 16.9. The van der Waals surface area contributed by atoms with E-state index in [1.165, 1.54) is 11.1 Å². The predicted molar refractivity (Wildman–Crippen MR) is 127 cm³/mol. The monoisotopic (exact) mass is 416 g/mol. The lowest BCUT2D eigenvalue weighted by Crippen LogP contribution is -2.10. The third-order valence-corrected chi connectivity index (χ3v) is 5.63. The van der Waals surface area contributed by atoms with E-state index in [0.29, 0.717) is 17.0 Å². The van der Waals surface area contributed by atoms with Crippen molar-refractivity contribution in [2.45, 2.75) is 25.8 Å². The molecule has 4 aromatic rings. The van der Waals surface area contributed by atoms with Crippen LogP contribution in [0.1, 0.15) is 24.0 Å². The van der Waals surface area contributed by atoms with E-state index >= 15 is 0 Å². The first-order chi connectivity index (χ1) is 14.7. The number of anilines is 1. The molecular weight excluding hydrogens is 392 g/mol. The van der Waals surface area contributed by atoms with Gasteiger partial charge >= 0.3 is 0 Å². The Hall–Kier alpha value is -3.04. The summed E-state index contributed by atoms with van der Waals surface area (Å²) in [7, 11) is 0. The molecule has 0 aliphatic carbocycles. The first-order valence-corrected chi connectivity index (χ1v) is 10.7. The lowest BCUT2D eigenvalue weighted by Gasteiger charge is -2.14. The molecule has 152 valence electrons. The maximum atomic E-state index is 12.5. The summed E-state index contributed by atoms with van der Waals surface area (Å²) < 4.78 is 2.07. The van der Waals surface area contributed by atoms with Crippen LogP contribution in [-0.2, 0) is 13.0 Å². The maximum absolute atomic E-state index is 12.5. The largest absolute Gasteiger partial charge is 0.384 e. The molecule has 1 heterocycles. The van der Waals surface area contributed by atoms with Crippen LogP contribution in [0, 0.1) is 0 Å². The van der Waals surface area contributed by atoms with Crippen LogP contribution in [0.2, 0.25) is 5.02 Å². The number of nitrogens with one attached hydrogen (secondary N) is 1. The number of nitrogens with zero attached hydrogens (tertiary/aromatic N) is 1. The van der Waals surface area contributed by atoms with E-state index in [4.69, 9.17) is 11.6 Å². The molecule has 3 aromatic carbocycles. The fraction of sp³-hybridized carbons (Fsp3) is 0.192. The van der Waals surface area contributed by atoms with E-state index < -0.39 is 0 Å². The normalized spacial score (nSPS) is 11.0. The molecule has 4 heteroatoms. The van der Waals surface area contributed by atoms with Crippen LogP contribution >= 0.6 is 11.6 Å². The Morgan fingerprint density at radius 3 is 2.27 bits per heavy atom. The van der Waals surface area contributed by atoms with Gasteiger partial charge in [-0.2, -0.15) is 0 Å². The molecule has 0 atom stereocenters. The van der Waals surface area contributed by atoms with Crippen LogP contribution in [-0.4, -0.2) is 11.1 Å². The summed E-state index contributed by atoms with van der Waals surface area (Å²) in [6.45, 7) is 1.52. The third kappa shape index (κ3) is 4.92. The summed E-state index contributed by atoms with van der Waals surface area (Å²) in [5, 5.41) is 4.73. The van der Waals surface area contributed by atoms with Gasteiger partial charge in [0.2, 0.25) is 0 Å². The van der Waals surface area contributed by atoms with Gasteiger partial charge in [-0.1, -0.05) is 72.3 Å². The quantitative estimate of drug-likeness (QED) is 0.350. The third-order valence-electron chi connectivity index (χ3n) is 5.31. The van der Waals surface area contributed by atoms with Gasteiger partial charge in [-0.15, -0.1) is 0 Å². The summed E-state index contributed by atoms with van der Waals surface area (Å²) >= 11 is 6.56. The zero-order valence-corrected chi connectivity index (χ0v) is 17.6. The van der Waals surface area contributed by atoms with Crippen molar-refractivity contribution in [2.75, 3.05) is 11.9 Å². The van der Waals surface area contributed by atoms with Crippen LogP contribution in [0.25, 0.3) is 10.9 Å². The van der Waals surface area contributed by atoms with Gasteiger partial charge in [0.1, 0.15) is 0 Å². The Morgan fingerprint density at radius 1 is 0.833 bits per heavy atom. The Bertz CT molecular complexity index is 1170. The van der Waals surface area contributed by atoms with Gasteiger partial charge in [0.05, 0.1) is 16.2 Å². The number of rotatable bonds is 8. The van der Waals surface area contributed by atoms with Crippen molar-refractivity contribution < 1.29 is 0 Å². The van der Waals surface area contributed by atoms with Crippen molar-refractivity contribution in [3.63, 3.8) is 0 Å². The first-order valence-electron chi connectivity index (χ1n) is 10.3. The van der Waals surface area contributed by atoms with Crippen molar-refractivity contribution in [1.29, 1.82) is 0 Å². The van der Waals surface area contributed by atoms with E-state index in [2.05, 4.69) is 46.3 Å². The molecule has 30 heavy (non-hydrogen) atoms. The predicted octanol–water partition coefficient (Wildman–Crippen LogP) is 6.14. The van der Waals surface area contributed by atoms with E-state index in [1.807, 2.05) is 42.6 Å². The van der Waals surface area contributed by atoms with E-state index in [1.54, 1.807) is 6.07 Å². The highest BCUT2D eigenvalue weighted by atomic mass is 35.5. The molecule has 0 fully saturated rings. The second kappa shape index (κ2) is 9.64. The highest BCUT2D eigenvalue weighted by Gasteiger charge is 2.09. The fourth-order valence-corrected chi connectivity index (χ4v) is 3.93. The molecule has 0 bridgehead atoms. The fourth-order valence-electron chi connectivity index (χ4n) is 3.70. The molecule has 0 saturated heterocycles. The average Bonchev–Trinajstić information content (AvgIpc) is 2.77. The van der Waals surface area contributed by atoms with Crippen molar-refractivity contribution in [1.82, 2.24) is 4.57 Å². The van der Waals surface area contributed by atoms with Gasteiger partial charge in [-0.25, -0.2) is 0 Å². The number of unbranched alkanes of at least 4 members (excludes halogenated alkanes) is 1. The summed E-state index contributed by atoms with van der Waals surface area (Å²) in [5.41, 5.74) is 4.22. The zero-order chi connectivity index (χ0) is 20.8. The molecule has 0 spiro atoms. The molecule has 0 radical (unpaired) electrons. The maximum Gasteiger partial charge on any atom is 0.189 e. The molecule has 0 saturated carbocycles. The van der Waals surface area contributed by atoms with Crippen LogP contribution in [0.3, 0.4) is 0 Å². The highest BCUT2D eigenvalue weighted by molar-refractivity contribution is 6.34. The standard InChI is InChI=1S/C26H25ClN2O/c27-23-18-25-22(26(30)14-16-29(25)19-21-12-5-2-6-13-21)17-24(23)28-15-8-7-11-20-9-3-1-4-10-20/h1-6,9-10,12-14,16-18,28H,7-8,11,15,19H2. The van der Waals surface area contributed by atoms with Gasteiger partial charge in [0.15, 0.2) is 5.43 Å². The summed E-state index contributed by atoms with van der Waals surface area (Å²) in [5.74, 6) is 0. The van der Waals surface area contributed by atoms with Crippen LogP contribution < -0.4 is 10.7 Å². The second-order valence-electron chi connectivity index (χ2n) is 7.51. The molecule has 4 rings (SSSR count). The lowest BCUT2D eigenvalue weighted by atomic mass is 10.1. The molecule has 0 aliphatic rings. The van der Waals surface area contributed by atoms with Crippen molar-refractivity contribution in [3.8, 4) is 0 Å². The van der Waals surface area contributed by atoms with E-state index in [9.17, 15) is 4.79 Å². The minimum atomic E-state index is 0.0121. The average molecular weight is 417 g/mol. The molecule has 1 aromatic heterocycles. The van der Waals surface area contributed by atoms with Gasteiger partial charge < -0.3 is 9.88 Å². The topological polar surface area (TPSA) is 34.0 Å². The minimum absolute atomic E-state index is 0.0121.